The Morgan fingerprint density at radius 1 is 0.760 bits per heavy atom. The third kappa shape index (κ3) is 4.38. The van der Waals surface area contributed by atoms with Gasteiger partial charge in [-0.2, -0.15) is 13.2 Å². The molecule has 0 spiro atoms. The summed E-state index contributed by atoms with van der Waals surface area (Å²) in [7, 11) is 0. The van der Waals surface area contributed by atoms with Crippen molar-refractivity contribution in [2.75, 3.05) is 0 Å². The first-order valence-electron chi connectivity index (χ1n) is 7.57. The fraction of sp³-hybridized carbons (Fsp3) is 0.100. The zero-order chi connectivity index (χ0) is 17.9. The summed E-state index contributed by atoms with van der Waals surface area (Å²) < 4.78 is 56.4. The van der Waals surface area contributed by atoms with Crippen LogP contribution in [0.3, 0.4) is 0 Å². The van der Waals surface area contributed by atoms with Gasteiger partial charge in [0.2, 0.25) is 0 Å². The Hall–Kier alpha value is -2.82. The van der Waals surface area contributed by atoms with E-state index in [1.807, 2.05) is 0 Å². The Morgan fingerprint density at radius 2 is 1.44 bits per heavy atom. The molecule has 0 aliphatic heterocycles. The van der Waals surface area contributed by atoms with E-state index in [9.17, 15) is 17.6 Å². The van der Waals surface area contributed by atoms with Crippen molar-refractivity contribution in [1.29, 1.82) is 0 Å². The molecule has 0 heterocycles. The molecular formula is C20H14F4O. The van der Waals surface area contributed by atoms with E-state index in [0.717, 1.165) is 23.3 Å². The normalized spacial score (nSPS) is 11.4. The highest BCUT2D eigenvalue weighted by Crippen LogP contribution is 2.31. The molecule has 3 aromatic carbocycles. The van der Waals surface area contributed by atoms with Gasteiger partial charge < -0.3 is 4.74 Å². The van der Waals surface area contributed by atoms with Gasteiger partial charge in [0.05, 0.1) is 5.56 Å². The monoisotopic (exact) mass is 346 g/mol. The van der Waals surface area contributed by atoms with Gasteiger partial charge in [0, 0.05) is 0 Å². The van der Waals surface area contributed by atoms with Crippen molar-refractivity contribution in [3.63, 3.8) is 0 Å². The van der Waals surface area contributed by atoms with Gasteiger partial charge in [-0.1, -0.05) is 36.4 Å². The minimum atomic E-state index is -4.35. The largest absolute Gasteiger partial charge is 0.489 e. The third-order valence-corrected chi connectivity index (χ3v) is 3.70. The second-order valence-corrected chi connectivity index (χ2v) is 5.52. The Morgan fingerprint density at radius 3 is 2.08 bits per heavy atom. The Bertz CT molecular complexity index is 837. The fourth-order valence-corrected chi connectivity index (χ4v) is 2.36. The minimum Gasteiger partial charge on any atom is -0.489 e. The summed E-state index contributed by atoms with van der Waals surface area (Å²) in [4.78, 5) is 0. The minimum absolute atomic E-state index is 0.275. The summed E-state index contributed by atoms with van der Waals surface area (Å²) in [5.74, 6) is 0.273. The van der Waals surface area contributed by atoms with Crippen molar-refractivity contribution in [3.8, 4) is 16.9 Å². The number of alkyl halides is 3. The SMILES string of the molecule is Fc1ccc(COc2cccc(-c3ccc(C(F)(F)F)cc3)c2)cc1. The van der Waals surface area contributed by atoms with E-state index in [1.165, 1.54) is 24.3 Å². The quantitative estimate of drug-likeness (QED) is 0.519. The highest BCUT2D eigenvalue weighted by molar-refractivity contribution is 5.65. The summed E-state index contributed by atoms with van der Waals surface area (Å²) in [5.41, 5.74) is 1.56. The van der Waals surface area contributed by atoms with Gasteiger partial charge in [-0.3, -0.25) is 0 Å². The zero-order valence-electron chi connectivity index (χ0n) is 13.1. The lowest BCUT2D eigenvalue weighted by molar-refractivity contribution is -0.137. The molecule has 25 heavy (non-hydrogen) atoms. The van der Waals surface area contributed by atoms with Gasteiger partial charge in [0.1, 0.15) is 18.2 Å². The van der Waals surface area contributed by atoms with Crippen LogP contribution in [0.4, 0.5) is 17.6 Å². The second-order valence-electron chi connectivity index (χ2n) is 5.52. The van der Waals surface area contributed by atoms with Gasteiger partial charge in [0.15, 0.2) is 0 Å². The van der Waals surface area contributed by atoms with Gasteiger partial charge in [-0.15, -0.1) is 0 Å². The Kier molecular flexibility index (Phi) is 4.74. The first kappa shape index (κ1) is 17.0. The second kappa shape index (κ2) is 6.97. The average molecular weight is 346 g/mol. The molecule has 0 aromatic heterocycles. The van der Waals surface area contributed by atoms with Crippen molar-refractivity contribution < 1.29 is 22.3 Å². The molecule has 0 radical (unpaired) electrons. The molecule has 1 nitrogen and oxygen atoms in total. The van der Waals surface area contributed by atoms with Crippen molar-refractivity contribution in [2.24, 2.45) is 0 Å². The van der Waals surface area contributed by atoms with Crippen LogP contribution in [0.5, 0.6) is 5.75 Å². The number of hydrogen-bond acceptors (Lipinski definition) is 1. The molecule has 0 amide bonds. The molecule has 0 saturated heterocycles. The van der Waals surface area contributed by atoms with E-state index in [2.05, 4.69) is 0 Å². The van der Waals surface area contributed by atoms with Crippen LogP contribution >= 0.6 is 0 Å². The van der Waals surface area contributed by atoms with Crippen LogP contribution in [0.1, 0.15) is 11.1 Å². The molecule has 0 bridgehead atoms. The van der Waals surface area contributed by atoms with Crippen molar-refractivity contribution in [3.05, 3.63) is 89.7 Å². The maximum absolute atomic E-state index is 12.9. The molecule has 0 aliphatic rings. The summed E-state index contributed by atoms with van der Waals surface area (Å²) in [6.45, 7) is 0.275. The Balaban J connectivity index is 1.73. The summed E-state index contributed by atoms with van der Waals surface area (Å²) in [6.07, 6.45) is -4.35. The van der Waals surface area contributed by atoms with E-state index >= 15 is 0 Å². The van der Waals surface area contributed by atoms with Crippen LogP contribution < -0.4 is 4.74 Å². The van der Waals surface area contributed by atoms with Crippen LogP contribution in [-0.2, 0) is 12.8 Å². The molecule has 3 aromatic rings. The highest BCUT2D eigenvalue weighted by Gasteiger charge is 2.29. The standard InChI is InChI=1S/C20H14F4O/c21-18-10-4-14(5-11-18)13-25-19-3-1-2-16(12-19)15-6-8-17(9-7-15)20(22,23)24/h1-12H,13H2. The number of halogens is 4. The molecule has 0 N–H and O–H groups in total. The van der Waals surface area contributed by atoms with Crippen LogP contribution in [0, 0.1) is 5.82 Å². The van der Waals surface area contributed by atoms with E-state index in [1.54, 1.807) is 36.4 Å². The summed E-state index contributed by atoms with van der Waals surface area (Å²) in [5, 5.41) is 0. The number of benzene rings is 3. The zero-order valence-corrected chi connectivity index (χ0v) is 13.1. The number of hydrogen-bond donors (Lipinski definition) is 0. The number of ether oxygens (including phenoxy) is 1. The third-order valence-electron chi connectivity index (χ3n) is 3.70. The highest BCUT2D eigenvalue weighted by atomic mass is 19.4. The molecule has 0 unspecified atom stereocenters. The van der Waals surface area contributed by atoms with E-state index in [0.29, 0.717) is 11.3 Å². The molecule has 0 saturated carbocycles. The molecular weight excluding hydrogens is 332 g/mol. The van der Waals surface area contributed by atoms with Crippen molar-refractivity contribution in [1.82, 2.24) is 0 Å². The van der Waals surface area contributed by atoms with Gasteiger partial charge >= 0.3 is 6.18 Å². The first-order chi connectivity index (χ1) is 11.9. The summed E-state index contributed by atoms with van der Waals surface area (Å²) >= 11 is 0. The molecule has 0 atom stereocenters. The van der Waals surface area contributed by atoms with E-state index in [4.69, 9.17) is 4.74 Å². The first-order valence-corrected chi connectivity index (χ1v) is 7.57. The van der Waals surface area contributed by atoms with E-state index in [-0.39, 0.29) is 12.4 Å². The van der Waals surface area contributed by atoms with Gasteiger partial charge in [-0.05, 0) is 53.1 Å². The topological polar surface area (TPSA) is 9.23 Å². The lowest BCUT2D eigenvalue weighted by Crippen LogP contribution is -2.04. The molecule has 128 valence electrons. The van der Waals surface area contributed by atoms with Gasteiger partial charge in [0.25, 0.3) is 0 Å². The Labute approximate surface area is 142 Å². The lowest BCUT2D eigenvalue weighted by Gasteiger charge is -2.10. The van der Waals surface area contributed by atoms with E-state index < -0.39 is 11.7 Å². The molecule has 0 fully saturated rings. The van der Waals surface area contributed by atoms with Crippen LogP contribution in [0.15, 0.2) is 72.8 Å². The lowest BCUT2D eigenvalue weighted by atomic mass is 10.0. The van der Waals surface area contributed by atoms with Crippen LogP contribution in [0.2, 0.25) is 0 Å². The molecule has 5 heteroatoms. The van der Waals surface area contributed by atoms with Crippen LogP contribution in [-0.4, -0.2) is 0 Å². The fourth-order valence-electron chi connectivity index (χ4n) is 2.36. The maximum Gasteiger partial charge on any atom is 0.416 e. The van der Waals surface area contributed by atoms with Crippen molar-refractivity contribution in [2.45, 2.75) is 12.8 Å². The average Bonchev–Trinajstić information content (AvgIpc) is 2.61. The maximum atomic E-state index is 12.9. The number of rotatable bonds is 4. The predicted molar refractivity (Wildman–Crippen MR) is 87.6 cm³/mol. The summed E-state index contributed by atoms with van der Waals surface area (Å²) in [6, 6.07) is 18.1. The van der Waals surface area contributed by atoms with Gasteiger partial charge in [-0.25, -0.2) is 4.39 Å². The van der Waals surface area contributed by atoms with Crippen molar-refractivity contribution >= 4 is 0 Å². The molecule has 3 rings (SSSR count). The molecule has 0 aliphatic carbocycles. The van der Waals surface area contributed by atoms with Crippen LogP contribution in [0.25, 0.3) is 11.1 Å². The predicted octanol–water partition coefficient (Wildman–Crippen LogP) is 6.09. The smallest absolute Gasteiger partial charge is 0.416 e.